The van der Waals surface area contributed by atoms with Crippen molar-refractivity contribution in [2.24, 2.45) is 0 Å². The molecule has 0 spiro atoms. The van der Waals surface area contributed by atoms with Crippen molar-refractivity contribution in [1.29, 1.82) is 0 Å². The fourth-order valence-corrected chi connectivity index (χ4v) is 2.41. The summed E-state index contributed by atoms with van der Waals surface area (Å²) in [6.07, 6.45) is 2.70. The molecule has 0 bridgehead atoms. The monoisotopic (exact) mass is 208 g/mol. The first-order chi connectivity index (χ1) is 7.92. The molecule has 1 nitrogen and oxygen atoms in total. The van der Waals surface area contributed by atoms with Gasteiger partial charge < -0.3 is 4.42 Å². The molecule has 0 radical (unpaired) electrons. The number of rotatable bonds is 1. The van der Waals surface area contributed by atoms with Gasteiger partial charge in [0.2, 0.25) is 0 Å². The van der Waals surface area contributed by atoms with Crippen LogP contribution in [0.4, 0.5) is 0 Å². The zero-order chi connectivity index (χ0) is 10.5. The second kappa shape index (κ2) is 2.88. The van der Waals surface area contributed by atoms with E-state index >= 15 is 0 Å². The molecule has 0 unspecified atom stereocenters. The highest BCUT2D eigenvalue weighted by Crippen LogP contribution is 2.42. The van der Waals surface area contributed by atoms with Crippen LogP contribution < -0.4 is 0 Å². The van der Waals surface area contributed by atoms with Crippen molar-refractivity contribution in [3.8, 4) is 0 Å². The smallest absolute Gasteiger partial charge is 0.135 e. The first kappa shape index (κ1) is 8.40. The maximum Gasteiger partial charge on any atom is 0.135 e. The van der Waals surface area contributed by atoms with Gasteiger partial charge >= 0.3 is 0 Å². The third-order valence-electron chi connectivity index (χ3n) is 3.45. The van der Waals surface area contributed by atoms with Crippen LogP contribution in [-0.4, -0.2) is 0 Å². The number of hydrogen-bond donors (Lipinski definition) is 0. The van der Waals surface area contributed by atoms with Gasteiger partial charge in [0.05, 0.1) is 0 Å². The summed E-state index contributed by atoms with van der Waals surface area (Å²) in [5.41, 5.74) is 3.47. The normalized spacial score (nSPS) is 16.0. The Balaban J connectivity index is 2.10. The minimum absolute atomic E-state index is 0.804. The maximum absolute atomic E-state index is 5.81. The quantitative estimate of drug-likeness (QED) is 0.575. The molecule has 1 heteroatoms. The van der Waals surface area contributed by atoms with E-state index in [4.69, 9.17) is 4.42 Å². The van der Waals surface area contributed by atoms with Crippen LogP contribution in [0.3, 0.4) is 0 Å². The summed E-state index contributed by atoms with van der Waals surface area (Å²) in [6, 6.07) is 14.9. The van der Waals surface area contributed by atoms with Gasteiger partial charge in [-0.15, -0.1) is 0 Å². The predicted molar refractivity (Wildman–Crippen MR) is 65.7 cm³/mol. The number of hydrogen-bond acceptors (Lipinski definition) is 1. The fourth-order valence-electron chi connectivity index (χ4n) is 2.41. The van der Waals surface area contributed by atoms with Crippen molar-refractivity contribution in [3.05, 3.63) is 48.0 Å². The minimum Gasteiger partial charge on any atom is -0.456 e. The molecule has 78 valence electrons. The summed E-state index contributed by atoms with van der Waals surface area (Å²) >= 11 is 0. The van der Waals surface area contributed by atoms with Crippen LogP contribution in [0.25, 0.3) is 21.9 Å². The predicted octanol–water partition coefficient (Wildman–Crippen LogP) is 4.46. The molecular formula is C15H12O. The van der Waals surface area contributed by atoms with E-state index in [1.807, 2.05) is 12.1 Å². The Labute approximate surface area is 93.7 Å². The lowest BCUT2D eigenvalue weighted by molar-refractivity contribution is 0.669. The highest BCUT2D eigenvalue weighted by molar-refractivity contribution is 6.05. The Morgan fingerprint density at radius 3 is 2.56 bits per heavy atom. The molecule has 1 aliphatic rings. The third kappa shape index (κ3) is 1.12. The van der Waals surface area contributed by atoms with Gasteiger partial charge in [0, 0.05) is 10.8 Å². The highest BCUT2D eigenvalue weighted by atomic mass is 16.3. The van der Waals surface area contributed by atoms with Crippen molar-refractivity contribution >= 4 is 21.9 Å². The molecule has 1 aromatic heterocycles. The highest BCUT2D eigenvalue weighted by Gasteiger charge is 2.23. The molecule has 1 aliphatic carbocycles. The van der Waals surface area contributed by atoms with Crippen LogP contribution in [-0.2, 0) is 0 Å². The number of para-hydroxylation sites is 1. The number of fused-ring (bicyclic) bond motifs is 3. The lowest BCUT2D eigenvalue weighted by Gasteiger charge is -1.96. The fraction of sp³-hybridized carbons (Fsp3) is 0.200. The Bertz CT molecular complexity index is 674. The second-order valence-corrected chi connectivity index (χ2v) is 4.63. The summed E-state index contributed by atoms with van der Waals surface area (Å²) in [4.78, 5) is 0. The summed E-state index contributed by atoms with van der Waals surface area (Å²) in [5, 5.41) is 2.50. The van der Waals surface area contributed by atoms with Crippen molar-refractivity contribution in [3.63, 3.8) is 0 Å². The van der Waals surface area contributed by atoms with Gasteiger partial charge in [0.1, 0.15) is 11.2 Å². The Kier molecular flexibility index (Phi) is 1.51. The number of benzene rings is 2. The standard InChI is InChI=1S/C15H12O/c1-2-4-14-12(3-1)13-9-11(10-5-6-10)7-8-15(13)16-14/h1-4,7-10H,5-6H2. The van der Waals surface area contributed by atoms with Crippen molar-refractivity contribution < 1.29 is 4.42 Å². The summed E-state index contributed by atoms with van der Waals surface area (Å²) < 4.78 is 5.81. The Morgan fingerprint density at radius 2 is 1.69 bits per heavy atom. The lowest BCUT2D eigenvalue weighted by Crippen LogP contribution is -1.77. The molecule has 2 aromatic carbocycles. The largest absolute Gasteiger partial charge is 0.456 e. The van der Waals surface area contributed by atoms with E-state index < -0.39 is 0 Å². The van der Waals surface area contributed by atoms with Gasteiger partial charge in [-0.2, -0.15) is 0 Å². The zero-order valence-electron chi connectivity index (χ0n) is 8.94. The molecule has 0 saturated heterocycles. The van der Waals surface area contributed by atoms with Gasteiger partial charge in [-0.1, -0.05) is 24.3 Å². The van der Waals surface area contributed by atoms with Gasteiger partial charge in [-0.05, 0) is 42.5 Å². The maximum atomic E-state index is 5.81. The molecule has 1 fully saturated rings. The van der Waals surface area contributed by atoms with E-state index in [2.05, 4.69) is 30.3 Å². The van der Waals surface area contributed by atoms with E-state index in [1.54, 1.807) is 0 Å². The van der Waals surface area contributed by atoms with E-state index in [0.717, 1.165) is 17.1 Å². The molecule has 16 heavy (non-hydrogen) atoms. The molecule has 0 amide bonds. The van der Waals surface area contributed by atoms with Crippen molar-refractivity contribution in [2.45, 2.75) is 18.8 Å². The molecule has 0 atom stereocenters. The Morgan fingerprint density at radius 1 is 0.875 bits per heavy atom. The topological polar surface area (TPSA) is 13.1 Å². The Hall–Kier alpha value is -1.76. The van der Waals surface area contributed by atoms with Gasteiger partial charge in [-0.3, -0.25) is 0 Å². The van der Waals surface area contributed by atoms with Crippen LogP contribution in [0.1, 0.15) is 24.3 Å². The van der Waals surface area contributed by atoms with Crippen molar-refractivity contribution in [1.82, 2.24) is 0 Å². The van der Waals surface area contributed by atoms with Crippen LogP contribution >= 0.6 is 0 Å². The van der Waals surface area contributed by atoms with Crippen LogP contribution in [0.5, 0.6) is 0 Å². The average Bonchev–Trinajstić information content (AvgIpc) is 3.10. The molecule has 4 rings (SSSR count). The van der Waals surface area contributed by atoms with Gasteiger partial charge in [0.15, 0.2) is 0 Å². The molecule has 3 aromatic rings. The van der Waals surface area contributed by atoms with Crippen LogP contribution in [0.15, 0.2) is 46.9 Å². The van der Waals surface area contributed by atoms with Gasteiger partial charge in [-0.25, -0.2) is 0 Å². The summed E-state index contributed by atoms with van der Waals surface area (Å²) in [6.45, 7) is 0. The summed E-state index contributed by atoms with van der Waals surface area (Å²) in [5.74, 6) is 0.804. The molecule has 0 aliphatic heterocycles. The lowest BCUT2D eigenvalue weighted by atomic mass is 10.1. The minimum atomic E-state index is 0.804. The average molecular weight is 208 g/mol. The molecule has 1 saturated carbocycles. The van der Waals surface area contributed by atoms with E-state index in [-0.39, 0.29) is 0 Å². The second-order valence-electron chi connectivity index (χ2n) is 4.63. The van der Waals surface area contributed by atoms with Gasteiger partial charge in [0.25, 0.3) is 0 Å². The first-order valence-electron chi connectivity index (χ1n) is 5.83. The van der Waals surface area contributed by atoms with E-state index in [1.165, 1.54) is 29.2 Å². The summed E-state index contributed by atoms with van der Waals surface area (Å²) in [7, 11) is 0. The van der Waals surface area contributed by atoms with Crippen LogP contribution in [0.2, 0.25) is 0 Å². The first-order valence-corrected chi connectivity index (χ1v) is 5.83. The molecule has 1 heterocycles. The zero-order valence-corrected chi connectivity index (χ0v) is 8.94. The third-order valence-corrected chi connectivity index (χ3v) is 3.45. The molecule has 0 N–H and O–H groups in total. The number of furan rings is 1. The van der Waals surface area contributed by atoms with Crippen LogP contribution in [0, 0.1) is 0 Å². The van der Waals surface area contributed by atoms with E-state index in [0.29, 0.717) is 0 Å². The van der Waals surface area contributed by atoms with Crippen molar-refractivity contribution in [2.75, 3.05) is 0 Å². The van der Waals surface area contributed by atoms with E-state index in [9.17, 15) is 0 Å². The molecular weight excluding hydrogens is 196 g/mol. The SMILES string of the molecule is c1ccc2c(c1)oc1ccc(C3CC3)cc12.